The van der Waals surface area contributed by atoms with Crippen LogP contribution >= 0.6 is 23.5 Å². The molecule has 0 unspecified atom stereocenters. The van der Waals surface area contributed by atoms with Crippen LogP contribution in [0.4, 0.5) is 10.2 Å². The minimum atomic E-state index is -0.231. The van der Waals surface area contributed by atoms with Crippen molar-refractivity contribution in [2.75, 3.05) is 18.1 Å². The first kappa shape index (κ1) is 14.1. The number of rotatable bonds is 5. The van der Waals surface area contributed by atoms with Crippen molar-refractivity contribution >= 4 is 29.3 Å². The normalized spacial score (nSPS) is 10.5. The number of aromatic nitrogens is 2. The molecule has 0 aliphatic heterocycles. The highest BCUT2D eigenvalue weighted by atomic mass is 32.2. The van der Waals surface area contributed by atoms with E-state index in [1.165, 1.54) is 35.7 Å². The molecule has 0 atom stereocenters. The van der Waals surface area contributed by atoms with Gasteiger partial charge < -0.3 is 5.32 Å². The summed E-state index contributed by atoms with van der Waals surface area (Å²) in [7, 11) is 0. The molecule has 0 aliphatic rings. The summed E-state index contributed by atoms with van der Waals surface area (Å²) in [6, 6.07) is 8.28. The Morgan fingerprint density at radius 2 is 1.95 bits per heavy atom. The zero-order valence-corrected chi connectivity index (χ0v) is 12.3. The molecule has 0 amide bonds. The van der Waals surface area contributed by atoms with E-state index in [-0.39, 0.29) is 5.82 Å². The van der Waals surface area contributed by atoms with Gasteiger partial charge >= 0.3 is 0 Å². The Labute approximate surface area is 120 Å². The number of benzene rings is 1. The average Bonchev–Trinajstić information content (AvgIpc) is 2.41. The maximum Gasteiger partial charge on any atom is 0.190 e. The number of thioether (sulfide) groups is 1. The Morgan fingerprint density at radius 3 is 2.58 bits per heavy atom. The molecule has 1 N–H and O–H groups in total. The lowest BCUT2D eigenvalue weighted by Gasteiger charge is -2.07. The Hall–Kier alpha value is -1.27. The standard InChI is InChI=1S/C13H14FN3S2/c1-3-15-11-8-12(17-13(16-11)18-2)19-10-6-4-9(14)5-7-10/h4-8H,3H2,1-2H3,(H,15,16,17). The highest BCUT2D eigenvalue weighted by Crippen LogP contribution is 2.28. The molecular formula is C13H14FN3S2. The quantitative estimate of drug-likeness (QED) is 0.514. The molecule has 2 rings (SSSR count). The fourth-order valence-corrected chi connectivity index (χ4v) is 2.70. The molecule has 1 heterocycles. The molecule has 19 heavy (non-hydrogen) atoms. The van der Waals surface area contributed by atoms with Crippen LogP contribution in [0.5, 0.6) is 0 Å². The van der Waals surface area contributed by atoms with E-state index in [1.807, 2.05) is 19.2 Å². The summed E-state index contributed by atoms with van der Waals surface area (Å²) in [5.41, 5.74) is 0. The second-order valence-corrected chi connectivity index (χ2v) is 5.53. The minimum absolute atomic E-state index is 0.231. The van der Waals surface area contributed by atoms with Crippen LogP contribution in [0.2, 0.25) is 0 Å². The molecule has 1 aromatic carbocycles. The predicted octanol–water partition coefficient (Wildman–Crippen LogP) is 3.92. The number of halogens is 1. The maximum absolute atomic E-state index is 12.9. The number of anilines is 1. The Morgan fingerprint density at radius 1 is 1.21 bits per heavy atom. The lowest BCUT2D eigenvalue weighted by molar-refractivity contribution is 0.626. The van der Waals surface area contributed by atoms with Crippen LogP contribution in [-0.2, 0) is 0 Å². The van der Waals surface area contributed by atoms with Crippen molar-refractivity contribution in [1.82, 2.24) is 9.97 Å². The van der Waals surface area contributed by atoms with Gasteiger partial charge in [0.1, 0.15) is 16.7 Å². The fraction of sp³-hybridized carbons (Fsp3) is 0.231. The molecule has 0 saturated carbocycles. The molecule has 6 heteroatoms. The zero-order valence-electron chi connectivity index (χ0n) is 10.7. The third-order valence-electron chi connectivity index (χ3n) is 2.26. The van der Waals surface area contributed by atoms with Crippen molar-refractivity contribution in [2.45, 2.75) is 22.0 Å². The molecule has 0 saturated heterocycles. The van der Waals surface area contributed by atoms with Gasteiger partial charge in [-0.05, 0) is 37.4 Å². The van der Waals surface area contributed by atoms with Crippen LogP contribution in [0.1, 0.15) is 6.92 Å². The Kier molecular flexibility index (Phi) is 5.04. The first-order chi connectivity index (χ1) is 9.21. The van der Waals surface area contributed by atoms with Crippen LogP contribution in [-0.4, -0.2) is 22.8 Å². The van der Waals surface area contributed by atoms with Crippen molar-refractivity contribution in [3.63, 3.8) is 0 Å². The smallest absolute Gasteiger partial charge is 0.190 e. The first-order valence-corrected chi connectivity index (χ1v) is 7.85. The predicted molar refractivity (Wildman–Crippen MR) is 78.5 cm³/mol. The summed E-state index contributed by atoms with van der Waals surface area (Å²) in [5, 5.41) is 4.75. The van der Waals surface area contributed by atoms with E-state index < -0.39 is 0 Å². The van der Waals surface area contributed by atoms with E-state index in [4.69, 9.17) is 0 Å². The lowest BCUT2D eigenvalue weighted by Crippen LogP contribution is -2.01. The molecule has 0 bridgehead atoms. The summed E-state index contributed by atoms with van der Waals surface area (Å²) in [6.45, 7) is 2.83. The van der Waals surface area contributed by atoms with Crippen LogP contribution < -0.4 is 5.32 Å². The Bertz CT molecular complexity index is 546. The fourth-order valence-electron chi connectivity index (χ4n) is 1.44. The highest BCUT2D eigenvalue weighted by molar-refractivity contribution is 7.99. The largest absolute Gasteiger partial charge is 0.370 e. The molecule has 0 fully saturated rings. The van der Waals surface area contributed by atoms with E-state index in [0.717, 1.165) is 27.4 Å². The molecule has 3 nitrogen and oxygen atoms in total. The minimum Gasteiger partial charge on any atom is -0.370 e. The van der Waals surface area contributed by atoms with E-state index in [0.29, 0.717) is 0 Å². The van der Waals surface area contributed by atoms with Crippen LogP contribution in [0.3, 0.4) is 0 Å². The molecule has 100 valence electrons. The molecule has 0 aliphatic carbocycles. The summed E-state index contributed by atoms with van der Waals surface area (Å²) in [4.78, 5) is 9.75. The van der Waals surface area contributed by atoms with Gasteiger partial charge in [0.2, 0.25) is 0 Å². The van der Waals surface area contributed by atoms with Crippen molar-refractivity contribution in [1.29, 1.82) is 0 Å². The van der Waals surface area contributed by atoms with Gasteiger partial charge in [-0.25, -0.2) is 14.4 Å². The first-order valence-electron chi connectivity index (χ1n) is 5.81. The summed E-state index contributed by atoms with van der Waals surface area (Å²) >= 11 is 3.00. The van der Waals surface area contributed by atoms with Gasteiger partial charge in [-0.15, -0.1) is 0 Å². The van der Waals surface area contributed by atoms with Gasteiger partial charge in [-0.3, -0.25) is 0 Å². The monoisotopic (exact) mass is 295 g/mol. The van der Waals surface area contributed by atoms with Gasteiger partial charge in [0.25, 0.3) is 0 Å². The van der Waals surface area contributed by atoms with Crippen LogP contribution in [0.15, 0.2) is 45.4 Å². The van der Waals surface area contributed by atoms with Gasteiger partial charge in [0.15, 0.2) is 5.16 Å². The van der Waals surface area contributed by atoms with E-state index in [1.54, 1.807) is 12.1 Å². The average molecular weight is 295 g/mol. The highest BCUT2D eigenvalue weighted by Gasteiger charge is 2.05. The van der Waals surface area contributed by atoms with Crippen molar-refractivity contribution in [3.05, 3.63) is 36.1 Å². The number of hydrogen-bond donors (Lipinski definition) is 1. The molecular weight excluding hydrogens is 281 g/mol. The van der Waals surface area contributed by atoms with Gasteiger partial charge in [-0.1, -0.05) is 23.5 Å². The zero-order chi connectivity index (χ0) is 13.7. The van der Waals surface area contributed by atoms with Crippen molar-refractivity contribution in [3.8, 4) is 0 Å². The third kappa shape index (κ3) is 4.11. The van der Waals surface area contributed by atoms with E-state index in [9.17, 15) is 4.39 Å². The van der Waals surface area contributed by atoms with Gasteiger partial charge in [0, 0.05) is 17.5 Å². The second-order valence-electron chi connectivity index (χ2n) is 3.66. The number of nitrogens with one attached hydrogen (secondary N) is 1. The van der Waals surface area contributed by atoms with Crippen molar-refractivity contribution in [2.24, 2.45) is 0 Å². The topological polar surface area (TPSA) is 37.8 Å². The van der Waals surface area contributed by atoms with Crippen LogP contribution in [0.25, 0.3) is 0 Å². The van der Waals surface area contributed by atoms with Gasteiger partial charge in [0.05, 0.1) is 0 Å². The van der Waals surface area contributed by atoms with Crippen molar-refractivity contribution < 1.29 is 4.39 Å². The summed E-state index contributed by atoms with van der Waals surface area (Å²) in [6.07, 6.45) is 1.94. The maximum atomic E-state index is 12.9. The summed E-state index contributed by atoms with van der Waals surface area (Å²) in [5.74, 6) is 0.580. The Balaban J connectivity index is 2.23. The third-order valence-corrected chi connectivity index (χ3v) is 3.73. The van der Waals surface area contributed by atoms with E-state index >= 15 is 0 Å². The SMILES string of the molecule is CCNc1cc(Sc2ccc(F)cc2)nc(SC)n1. The number of nitrogens with zero attached hydrogens (tertiary/aromatic N) is 2. The van der Waals surface area contributed by atoms with E-state index in [2.05, 4.69) is 15.3 Å². The lowest BCUT2D eigenvalue weighted by atomic mass is 10.4. The van der Waals surface area contributed by atoms with Gasteiger partial charge in [-0.2, -0.15) is 0 Å². The van der Waals surface area contributed by atoms with Crippen LogP contribution in [0, 0.1) is 5.82 Å². The molecule has 0 spiro atoms. The molecule has 0 radical (unpaired) electrons. The summed E-state index contributed by atoms with van der Waals surface area (Å²) < 4.78 is 12.9. The molecule has 2 aromatic rings. The second kappa shape index (κ2) is 6.77. The molecule has 1 aromatic heterocycles. The number of hydrogen-bond acceptors (Lipinski definition) is 5.